The molecule has 0 unspecified atom stereocenters. The molecule has 0 fully saturated rings. The summed E-state index contributed by atoms with van der Waals surface area (Å²) in [6.07, 6.45) is -4.56. The Bertz CT molecular complexity index is 863. The zero-order chi connectivity index (χ0) is 19.3. The van der Waals surface area contributed by atoms with Crippen molar-refractivity contribution in [1.82, 2.24) is 0 Å². The van der Waals surface area contributed by atoms with Crippen LogP contribution in [-0.4, -0.2) is 19.6 Å². The number of nitrogens with zero attached hydrogens (tertiary/aromatic N) is 1. The summed E-state index contributed by atoms with van der Waals surface area (Å²) in [5.41, 5.74) is -0.775. The number of nitrogens with one attached hydrogen (secondary N) is 1. The number of ether oxygens (including phenoxy) is 2. The van der Waals surface area contributed by atoms with E-state index in [2.05, 4.69) is 5.32 Å². The van der Waals surface area contributed by atoms with E-state index in [4.69, 9.17) is 26.3 Å². The normalized spacial score (nSPS) is 10.8. The van der Waals surface area contributed by atoms with Crippen molar-refractivity contribution < 1.29 is 27.4 Å². The maximum atomic E-state index is 12.7. The summed E-state index contributed by atoms with van der Waals surface area (Å²) >= 11 is 5.82. The average molecular weight is 385 g/mol. The summed E-state index contributed by atoms with van der Waals surface area (Å²) in [7, 11) is 1.37. The van der Waals surface area contributed by atoms with Crippen LogP contribution in [0.5, 0.6) is 11.5 Å². The van der Waals surface area contributed by atoms with Crippen molar-refractivity contribution in [3.8, 4) is 17.6 Å². The smallest absolute Gasteiger partial charge is 0.416 e. The molecule has 0 aliphatic rings. The molecule has 5 nitrogen and oxygen atoms in total. The van der Waals surface area contributed by atoms with Crippen LogP contribution < -0.4 is 14.8 Å². The van der Waals surface area contributed by atoms with Crippen LogP contribution in [0, 0.1) is 11.3 Å². The molecule has 0 aliphatic carbocycles. The topological polar surface area (TPSA) is 71.3 Å². The van der Waals surface area contributed by atoms with E-state index in [-0.39, 0.29) is 22.2 Å². The third kappa shape index (κ3) is 4.80. The van der Waals surface area contributed by atoms with E-state index < -0.39 is 24.3 Å². The number of hydrogen-bond donors (Lipinski definition) is 1. The molecule has 2 aromatic carbocycles. The Kier molecular flexibility index (Phi) is 5.95. The molecule has 0 aliphatic heterocycles. The van der Waals surface area contributed by atoms with Gasteiger partial charge in [-0.15, -0.1) is 0 Å². The fraction of sp³-hybridized carbons (Fsp3) is 0.176. The van der Waals surface area contributed by atoms with Gasteiger partial charge in [0.2, 0.25) is 0 Å². The fourth-order valence-corrected chi connectivity index (χ4v) is 2.15. The lowest BCUT2D eigenvalue weighted by atomic mass is 10.2. The molecule has 0 saturated carbocycles. The van der Waals surface area contributed by atoms with Crippen molar-refractivity contribution >= 4 is 23.2 Å². The number of amides is 1. The van der Waals surface area contributed by atoms with Gasteiger partial charge in [0.1, 0.15) is 0 Å². The molecular weight excluding hydrogens is 373 g/mol. The Hall–Kier alpha value is -2.92. The first-order valence-corrected chi connectivity index (χ1v) is 7.50. The molecular formula is C17H12ClF3N2O3. The second kappa shape index (κ2) is 7.97. The Labute approximate surface area is 151 Å². The van der Waals surface area contributed by atoms with E-state index in [9.17, 15) is 18.0 Å². The van der Waals surface area contributed by atoms with Crippen LogP contribution in [0.3, 0.4) is 0 Å². The zero-order valence-electron chi connectivity index (χ0n) is 13.4. The van der Waals surface area contributed by atoms with Gasteiger partial charge in [-0.1, -0.05) is 11.6 Å². The van der Waals surface area contributed by atoms with Crippen molar-refractivity contribution in [2.24, 2.45) is 0 Å². The fourth-order valence-electron chi connectivity index (χ4n) is 1.98. The molecule has 9 heteroatoms. The van der Waals surface area contributed by atoms with Crippen LogP contribution in [0.4, 0.5) is 18.9 Å². The second-order valence-corrected chi connectivity index (χ2v) is 5.41. The van der Waals surface area contributed by atoms with Gasteiger partial charge in [-0.3, -0.25) is 4.79 Å². The number of carbonyl (C=O) groups is 1. The van der Waals surface area contributed by atoms with Crippen molar-refractivity contribution in [1.29, 1.82) is 5.26 Å². The predicted molar refractivity (Wildman–Crippen MR) is 88.3 cm³/mol. The molecule has 136 valence electrons. The van der Waals surface area contributed by atoms with Gasteiger partial charge < -0.3 is 14.8 Å². The first-order chi connectivity index (χ1) is 12.2. The highest BCUT2D eigenvalue weighted by Gasteiger charge is 2.31. The third-order valence-electron chi connectivity index (χ3n) is 3.22. The number of halogens is 4. The highest BCUT2D eigenvalue weighted by Crippen LogP contribution is 2.34. The lowest BCUT2D eigenvalue weighted by Gasteiger charge is -2.13. The molecule has 1 N–H and O–H groups in total. The number of hydrogen-bond acceptors (Lipinski definition) is 4. The maximum Gasteiger partial charge on any atom is 0.416 e. The van der Waals surface area contributed by atoms with Crippen molar-refractivity contribution in [3.05, 3.63) is 52.5 Å². The molecule has 2 rings (SSSR count). The minimum atomic E-state index is -4.56. The van der Waals surface area contributed by atoms with Gasteiger partial charge >= 0.3 is 6.18 Å². The second-order valence-electron chi connectivity index (χ2n) is 5.01. The summed E-state index contributed by atoms with van der Waals surface area (Å²) in [4.78, 5) is 12.0. The summed E-state index contributed by atoms with van der Waals surface area (Å²) in [6, 6.07) is 8.87. The highest BCUT2D eigenvalue weighted by molar-refractivity contribution is 6.33. The van der Waals surface area contributed by atoms with Crippen LogP contribution in [0.25, 0.3) is 0 Å². The quantitative estimate of drug-likeness (QED) is 0.836. The van der Waals surface area contributed by atoms with Gasteiger partial charge in [0.15, 0.2) is 18.1 Å². The molecule has 0 radical (unpaired) electrons. The lowest BCUT2D eigenvalue weighted by Crippen LogP contribution is -2.21. The molecule has 26 heavy (non-hydrogen) atoms. The zero-order valence-corrected chi connectivity index (χ0v) is 14.1. The number of benzene rings is 2. The Morgan fingerprint density at radius 1 is 1.23 bits per heavy atom. The Balaban J connectivity index is 2.07. The van der Waals surface area contributed by atoms with E-state index in [1.54, 1.807) is 0 Å². The monoisotopic (exact) mass is 384 g/mol. The minimum absolute atomic E-state index is 0.0395. The number of anilines is 1. The predicted octanol–water partition coefficient (Wildman–Crippen LogP) is 4.26. The van der Waals surface area contributed by atoms with Gasteiger partial charge in [0.05, 0.1) is 35.0 Å². The summed E-state index contributed by atoms with van der Waals surface area (Å²) < 4.78 is 48.5. The Morgan fingerprint density at radius 2 is 1.96 bits per heavy atom. The van der Waals surface area contributed by atoms with Crippen LogP contribution in [0.15, 0.2) is 36.4 Å². The van der Waals surface area contributed by atoms with Gasteiger partial charge in [0, 0.05) is 6.07 Å². The van der Waals surface area contributed by atoms with E-state index in [0.29, 0.717) is 5.56 Å². The summed E-state index contributed by atoms with van der Waals surface area (Å²) in [5.74, 6) is -0.261. The number of rotatable bonds is 5. The van der Waals surface area contributed by atoms with Gasteiger partial charge in [-0.25, -0.2) is 0 Å². The maximum absolute atomic E-state index is 12.7. The number of alkyl halides is 3. The number of methoxy groups -OCH3 is 1. The summed E-state index contributed by atoms with van der Waals surface area (Å²) in [5, 5.41) is 11.1. The standard InChI is InChI=1S/C17H12ClF3N2O3/c1-25-15-6-10(8-22)2-5-14(15)26-9-16(24)23-13-7-11(17(19,20)21)3-4-12(13)18/h2-7H,9H2,1H3,(H,23,24). The largest absolute Gasteiger partial charge is 0.493 e. The van der Waals surface area contributed by atoms with Gasteiger partial charge in [0.25, 0.3) is 5.91 Å². The molecule has 0 bridgehead atoms. The van der Waals surface area contributed by atoms with Gasteiger partial charge in [-0.2, -0.15) is 18.4 Å². The molecule has 2 aromatic rings. The first kappa shape index (κ1) is 19.4. The minimum Gasteiger partial charge on any atom is -0.493 e. The molecule has 0 saturated heterocycles. The van der Waals surface area contributed by atoms with E-state index in [0.717, 1.165) is 18.2 Å². The lowest BCUT2D eigenvalue weighted by molar-refractivity contribution is -0.137. The first-order valence-electron chi connectivity index (χ1n) is 7.12. The van der Waals surface area contributed by atoms with E-state index >= 15 is 0 Å². The number of carbonyl (C=O) groups excluding carboxylic acids is 1. The Morgan fingerprint density at radius 3 is 2.58 bits per heavy atom. The van der Waals surface area contributed by atoms with Crippen LogP contribution in [0.1, 0.15) is 11.1 Å². The van der Waals surface area contributed by atoms with E-state index in [1.165, 1.54) is 25.3 Å². The molecule has 1 amide bonds. The van der Waals surface area contributed by atoms with Crippen molar-refractivity contribution in [2.75, 3.05) is 19.0 Å². The summed E-state index contributed by atoms with van der Waals surface area (Å²) in [6.45, 7) is -0.491. The SMILES string of the molecule is COc1cc(C#N)ccc1OCC(=O)Nc1cc(C(F)(F)F)ccc1Cl. The molecule has 0 aromatic heterocycles. The van der Waals surface area contributed by atoms with E-state index in [1.807, 2.05) is 6.07 Å². The molecule has 0 heterocycles. The highest BCUT2D eigenvalue weighted by atomic mass is 35.5. The molecule has 0 atom stereocenters. The molecule has 0 spiro atoms. The van der Waals surface area contributed by atoms with Crippen LogP contribution in [0.2, 0.25) is 5.02 Å². The van der Waals surface area contributed by atoms with Crippen molar-refractivity contribution in [3.63, 3.8) is 0 Å². The van der Waals surface area contributed by atoms with Crippen LogP contribution >= 0.6 is 11.6 Å². The van der Waals surface area contributed by atoms with Crippen LogP contribution in [-0.2, 0) is 11.0 Å². The average Bonchev–Trinajstić information content (AvgIpc) is 2.60. The van der Waals surface area contributed by atoms with Crippen molar-refractivity contribution in [2.45, 2.75) is 6.18 Å². The van der Waals surface area contributed by atoms with Gasteiger partial charge in [-0.05, 0) is 30.3 Å². The number of nitriles is 1. The third-order valence-corrected chi connectivity index (χ3v) is 3.55.